The van der Waals surface area contributed by atoms with Gasteiger partial charge in [-0.05, 0) is 43.4 Å². The summed E-state index contributed by atoms with van der Waals surface area (Å²) in [6.07, 6.45) is 52.6. The van der Waals surface area contributed by atoms with Crippen LogP contribution in [0.2, 0.25) is 0 Å². The molecule has 0 aliphatic heterocycles. The second-order valence-corrected chi connectivity index (χ2v) is 31.7. The van der Waals surface area contributed by atoms with Crippen molar-refractivity contribution in [3.63, 3.8) is 0 Å². The van der Waals surface area contributed by atoms with Crippen LogP contribution < -0.4 is 0 Å². The van der Waals surface area contributed by atoms with Crippen molar-refractivity contribution >= 4 is 39.5 Å². The Morgan fingerprint density at radius 1 is 0.284 bits per heavy atom. The molecule has 564 valence electrons. The van der Waals surface area contributed by atoms with Crippen LogP contribution in [0.1, 0.15) is 389 Å². The fourth-order valence-corrected chi connectivity index (χ4v) is 13.2. The summed E-state index contributed by atoms with van der Waals surface area (Å²) >= 11 is 0. The minimum Gasteiger partial charge on any atom is -0.462 e. The first-order chi connectivity index (χ1) is 45.7. The van der Waals surface area contributed by atoms with E-state index in [1.54, 1.807) is 0 Å². The molecule has 0 aliphatic rings. The molecule has 0 heterocycles. The summed E-state index contributed by atoms with van der Waals surface area (Å²) in [5, 5.41) is 10.6. The average molecular weight is 1400 g/mol. The number of phosphoric ester groups is 2. The highest BCUT2D eigenvalue weighted by Gasteiger charge is 2.30. The third-order valence-corrected chi connectivity index (χ3v) is 19.5. The molecule has 0 saturated carbocycles. The van der Waals surface area contributed by atoms with Gasteiger partial charge in [-0.15, -0.1) is 0 Å². The van der Waals surface area contributed by atoms with Gasteiger partial charge in [-0.1, -0.05) is 337 Å². The van der Waals surface area contributed by atoms with E-state index in [0.29, 0.717) is 25.7 Å². The number of carbonyl (C=O) groups is 4. The largest absolute Gasteiger partial charge is 0.472 e. The van der Waals surface area contributed by atoms with E-state index in [9.17, 15) is 43.2 Å². The van der Waals surface area contributed by atoms with E-state index in [0.717, 1.165) is 108 Å². The molecular weight excluding hydrogens is 1250 g/mol. The zero-order valence-electron chi connectivity index (χ0n) is 62.1. The number of ether oxygens (including phenoxy) is 4. The van der Waals surface area contributed by atoms with Crippen molar-refractivity contribution in [2.45, 2.75) is 407 Å². The molecule has 0 rings (SSSR count). The molecule has 3 N–H and O–H groups in total. The molecule has 19 heteroatoms. The molecule has 5 atom stereocenters. The molecule has 0 amide bonds. The van der Waals surface area contributed by atoms with Crippen LogP contribution >= 0.6 is 15.6 Å². The second kappa shape index (κ2) is 66.6. The summed E-state index contributed by atoms with van der Waals surface area (Å²) in [6.45, 7) is 11.9. The van der Waals surface area contributed by atoms with Crippen molar-refractivity contribution in [2.75, 3.05) is 39.6 Å². The van der Waals surface area contributed by atoms with Crippen molar-refractivity contribution in [3.05, 3.63) is 0 Å². The summed E-state index contributed by atoms with van der Waals surface area (Å²) in [4.78, 5) is 72.8. The molecule has 0 bridgehead atoms. The smallest absolute Gasteiger partial charge is 0.462 e. The maximum absolute atomic E-state index is 13.1. The first kappa shape index (κ1) is 93.1. The van der Waals surface area contributed by atoms with E-state index < -0.39 is 97.5 Å². The quantitative estimate of drug-likeness (QED) is 0.0222. The maximum atomic E-state index is 13.1. The summed E-state index contributed by atoms with van der Waals surface area (Å²) < 4.78 is 68.5. The van der Waals surface area contributed by atoms with Crippen molar-refractivity contribution in [2.24, 2.45) is 17.8 Å². The molecule has 0 aromatic heterocycles. The van der Waals surface area contributed by atoms with Crippen molar-refractivity contribution in [3.8, 4) is 0 Å². The lowest BCUT2D eigenvalue weighted by atomic mass is 10.0. The lowest BCUT2D eigenvalue weighted by molar-refractivity contribution is -0.161. The first-order valence-corrected chi connectivity index (χ1v) is 42.3. The van der Waals surface area contributed by atoms with Gasteiger partial charge in [0, 0.05) is 25.7 Å². The zero-order valence-corrected chi connectivity index (χ0v) is 63.9. The summed E-state index contributed by atoms with van der Waals surface area (Å²) in [6, 6.07) is 0. The molecule has 0 radical (unpaired) electrons. The molecule has 0 aromatic carbocycles. The van der Waals surface area contributed by atoms with Gasteiger partial charge in [0.05, 0.1) is 26.4 Å². The Morgan fingerprint density at radius 3 is 0.716 bits per heavy atom. The van der Waals surface area contributed by atoms with Crippen LogP contribution in [0.4, 0.5) is 0 Å². The van der Waals surface area contributed by atoms with Gasteiger partial charge >= 0.3 is 39.5 Å². The molecule has 2 unspecified atom stereocenters. The van der Waals surface area contributed by atoms with Crippen molar-refractivity contribution in [1.29, 1.82) is 0 Å². The van der Waals surface area contributed by atoms with Crippen LogP contribution in [0.5, 0.6) is 0 Å². The Bertz CT molecular complexity index is 1850. The van der Waals surface area contributed by atoms with Crippen molar-refractivity contribution in [1.82, 2.24) is 0 Å². The number of unbranched alkanes of at least 4 members (excludes halogenated alkanes) is 42. The van der Waals surface area contributed by atoms with E-state index in [1.165, 1.54) is 199 Å². The van der Waals surface area contributed by atoms with E-state index in [4.69, 9.17) is 37.0 Å². The van der Waals surface area contributed by atoms with Gasteiger partial charge in [-0.25, -0.2) is 9.13 Å². The highest BCUT2D eigenvalue weighted by atomic mass is 31.2. The van der Waals surface area contributed by atoms with Gasteiger partial charge in [-0.2, -0.15) is 0 Å². The molecule has 0 aromatic rings. The number of esters is 4. The molecule has 0 spiro atoms. The SMILES string of the molecule is CCCCCCCCCCCCCC(=O)OC[C@H](COP(=O)(O)OC[C@H](O)COP(=O)(O)OC[C@@H](COC(=O)CCCCCCCCCCCCCC(C)C)OC(=O)CCCCCCCCCCCCCCCCCC(C)C)OC(=O)CCCCCCCCCCCC(C)C. The molecule has 0 saturated heterocycles. The van der Waals surface area contributed by atoms with Crippen LogP contribution in [-0.2, 0) is 65.4 Å². The number of hydrogen-bond donors (Lipinski definition) is 3. The van der Waals surface area contributed by atoms with Crippen LogP contribution in [0.15, 0.2) is 0 Å². The Kier molecular flexibility index (Phi) is 65.2. The lowest BCUT2D eigenvalue weighted by Gasteiger charge is -2.21. The van der Waals surface area contributed by atoms with Gasteiger partial charge in [0.25, 0.3) is 0 Å². The number of phosphoric acid groups is 2. The molecule has 95 heavy (non-hydrogen) atoms. The van der Waals surface area contributed by atoms with E-state index in [1.807, 2.05) is 0 Å². The zero-order chi connectivity index (χ0) is 70.1. The third kappa shape index (κ3) is 70.3. The predicted octanol–water partition coefficient (Wildman–Crippen LogP) is 22.2. The van der Waals surface area contributed by atoms with E-state index >= 15 is 0 Å². The number of aliphatic hydroxyl groups is 1. The minimum absolute atomic E-state index is 0.105. The van der Waals surface area contributed by atoms with Gasteiger partial charge in [0.1, 0.15) is 19.3 Å². The fourth-order valence-electron chi connectivity index (χ4n) is 11.6. The second-order valence-electron chi connectivity index (χ2n) is 28.8. The Balaban J connectivity index is 5.25. The first-order valence-electron chi connectivity index (χ1n) is 39.3. The summed E-state index contributed by atoms with van der Waals surface area (Å²) in [5.74, 6) is 0.193. The monoisotopic (exact) mass is 1400 g/mol. The van der Waals surface area contributed by atoms with Crippen LogP contribution in [0, 0.1) is 17.8 Å². The standard InChI is InChI=1S/C76H148O17P2/c1-8-9-10-11-12-13-20-29-36-43-50-57-73(78)86-64-72(93-76(81)60-53-46-39-32-25-28-35-42-49-56-69(6)7)66-91-95(84,85)89-62-70(77)61-88-94(82,83)90-65-71(63-87-74(79)58-51-44-37-30-24-19-22-27-34-41-48-55-68(4)5)92-75(80)59-52-45-38-31-23-18-16-14-15-17-21-26-33-40-47-54-67(2)3/h67-72,77H,8-66H2,1-7H3,(H,82,83)(H,84,85)/t70-,71-,72-/m1/s1. The Labute approximate surface area is 581 Å². The minimum atomic E-state index is -4.96. The highest BCUT2D eigenvalue weighted by molar-refractivity contribution is 7.47. The normalized spacial score (nSPS) is 14.1. The van der Waals surface area contributed by atoms with Crippen LogP contribution in [0.3, 0.4) is 0 Å². The Hall–Kier alpha value is -1.94. The average Bonchev–Trinajstić information content (AvgIpc) is 1.43. The summed E-state index contributed by atoms with van der Waals surface area (Å²) in [7, 11) is -9.91. The molecule has 0 fully saturated rings. The van der Waals surface area contributed by atoms with Gasteiger partial charge < -0.3 is 33.8 Å². The highest BCUT2D eigenvalue weighted by Crippen LogP contribution is 2.45. The number of aliphatic hydroxyl groups excluding tert-OH is 1. The summed E-state index contributed by atoms with van der Waals surface area (Å²) in [5.41, 5.74) is 0. The molecule has 0 aliphatic carbocycles. The van der Waals surface area contributed by atoms with Crippen LogP contribution in [0.25, 0.3) is 0 Å². The topological polar surface area (TPSA) is 237 Å². The number of rotatable bonds is 74. The lowest BCUT2D eigenvalue weighted by Crippen LogP contribution is -2.30. The van der Waals surface area contributed by atoms with Crippen molar-refractivity contribution < 1.29 is 80.2 Å². The van der Waals surface area contributed by atoms with E-state index in [-0.39, 0.29) is 25.7 Å². The maximum Gasteiger partial charge on any atom is 0.472 e. The Morgan fingerprint density at radius 2 is 0.484 bits per heavy atom. The van der Waals surface area contributed by atoms with Gasteiger partial charge in [0.2, 0.25) is 0 Å². The number of hydrogen-bond acceptors (Lipinski definition) is 15. The molecule has 17 nitrogen and oxygen atoms in total. The molecular formula is C76H148O17P2. The van der Waals surface area contributed by atoms with Gasteiger partial charge in [0.15, 0.2) is 12.2 Å². The fraction of sp³-hybridized carbons (Fsp3) is 0.947. The number of carbonyl (C=O) groups excluding carboxylic acids is 4. The van der Waals surface area contributed by atoms with Crippen LogP contribution in [-0.4, -0.2) is 96.7 Å². The van der Waals surface area contributed by atoms with E-state index in [2.05, 4.69) is 48.5 Å². The third-order valence-electron chi connectivity index (χ3n) is 17.6. The van der Waals surface area contributed by atoms with Gasteiger partial charge in [-0.3, -0.25) is 37.3 Å². The predicted molar refractivity (Wildman–Crippen MR) is 386 cm³/mol.